The van der Waals surface area contributed by atoms with Crippen LogP contribution in [0.1, 0.15) is 23.0 Å². The predicted octanol–water partition coefficient (Wildman–Crippen LogP) is 1.45. The summed E-state index contributed by atoms with van der Waals surface area (Å²) in [4.78, 5) is 16.8. The Balaban J connectivity index is 1.71. The number of pyridine rings is 1. The van der Waals surface area contributed by atoms with Gasteiger partial charge in [0, 0.05) is 23.5 Å². The number of hydrogen-bond acceptors (Lipinski definition) is 9. The summed E-state index contributed by atoms with van der Waals surface area (Å²) in [6.45, 7) is 1.76. The van der Waals surface area contributed by atoms with Crippen molar-refractivity contribution in [3.63, 3.8) is 0 Å². The molecule has 0 saturated carbocycles. The average Bonchev–Trinajstić information content (AvgIpc) is 3.39. The first-order valence-electron chi connectivity index (χ1n) is 8.49. The SMILES string of the molecule is C/C(=N\NC(=O)c1nnn(-c2nonc2N)c1-c1ccccc1)c1cccnc1. The van der Waals surface area contributed by atoms with Crippen LogP contribution in [0.5, 0.6) is 0 Å². The number of carbonyl (C=O) groups is 1. The smallest absolute Gasteiger partial charge is 0.294 e. The highest BCUT2D eigenvalue weighted by Crippen LogP contribution is 2.26. The molecule has 4 aromatic rings. The fourth-order valence-corrected chi connectivity index (χ4v) is 2.60. The quantitative estimate of drug-likeness (QED) is 0.384. The van der Waals surface area contributed by atoms with Crippen LogP contribution in [0.25, 0.3) is 17.1 Å². The monoisotopic (exact) mass is 389 g/mol. The fourth-order valence-electron chi connectivity index (χ4n) is 2.60. The van der Waals surface area contributed by atoms with E-state index in [2.05, 4.69) is 40.8 Å². The number of hydrogen-bond donors (Lipinski definition) is 2. The molecule has 0 aliphatic heterocycles. The molecule has 3 aromatic heterocycles. The van der Waals surface area contributed by atoms with E-state index in [0.717, 1.165) is 5.56 Å². The molecule has 1 amide bonds. The van der Waals surface area contributed by atoms with Crippen LogP contribution in [0.4, 0.5) is 5.82 Å². The molecule has 0 radical (unpaired) electrons. The van der Waals surface area contributed by atoms with Gasteiger partial charge in [-0.2, -0.15) is 9.78 Å². The summed E-state index contributed by atoms with van der Waals surface area (Å²) >= 11 is 0. The lowest BCUT2D eigenvalue weighted by Crippen LogP contribution is -2.21. The summed E-state index contributed by atoms with van der Waals surface area (Å²) in [5, 5.41) is 19.4. The van der Waals surface area contributed by atoms with Gasteiger partial charge in [-0.15, -0.1) is 5.10 Å². The predicted molar refractivity (Wildman–Crippen MR) is 103 cm³/mol. The Morgan fingerprint density at radius 2 is 2.00 bits per heavy atom. The minimum absolute atomic E-state index is 0.0180. The van der Waals surface area contributed by atoms with Crippen molar-refractivity contribution < 1.29 is 9.42 Å². The van der Waals surface area contributed by atoms with E-state index in [1.54, 1.807) is 37.5 Å². The normalized spacial score (nSPS) is 11.4. The van der Waals surface area contributed by atoms with E-state index in [-0.39, 0.29) is 17.3 Å². The molecular weight excluding hydrogens is 374 g/mol. The highest BCUT2D eigenvalue weighted by Gasteiger charge is 2.25. The Kier molecular flexibility index (Phi) is 4.76. The van der Waals surface area contributed by atoms with E-state index in [4.69, 9.17) is 5.73 Å². The van der Waals surface area contributed by atoms with E-state index >= 15 is 0 Å². The number of nitrogens with zero attached hydrogens (tertiary/aromatic N) is 7. The first kappa shape index (κ1) is 18.0. The van der Waals surface area contributed by atoms with E-state index in [1.807, 2.05) is 24.3 Å². The Morgan fingerprint density at radius 1 is 1.17 bits per heavy atom. The van der Waals surface area contributed by atoms with Crippen LogP contribution in [-0.2, 0) is 0 Å². The first-order chi connectivity index (χ1) is 14.1. The largest absolute Gasteiger partial charge is 0.378 e. The third-order valence-corrected chi connectivity index (χ3v) is 4.03. The van der Waals surface area contributed by atoms with Gasteiger partial charge in [0.2, 0.25) is 11.6 Å². The molecule has 11 heteroatoms. The molecule has 0 fully saturated rings. The van der Waals surface area contributed by atoms with Gasteiger partial charge < -0.3 is 5.73 Å². The zero-order chi connectivity index (χ0) is 20.2. The molecule has 0 saturated heterocycles. The second kappa shape index (κ2) is 7.68. The third kappa shape index (κ3) is 3.56. The van der Waals surface area contributed by atoms with Crippen molar-refractivity contribution in [1.82, 2.24) is 35.7 Å². The minimum atomic E-state index is -0.548. The molecule has 0 spiro atoms. The van der Waals surface area contributed by atoms with Crippen LogP contribution in [0.3, 0.4) is 0 Å². The molecule has 1 aromatic carbocycles. The zero-order valence-electron chi connectivity index (χ0n) is 15.2. The highest BCUT2D eigenvalue weighted by atomic mass is 16.6. The van der Waals surface area contributed by atoms with Crippen molar-refractivity contribution in [2.24, 2.45) is 5.10 Å². The number of nitrogens with one attached hydrogen (secondary N) is 1. The molecule has 4 rings (SSSR count). The Labute approximate surface area is 164 Å². The number of amides is 1. The van der Waals surface area contributed by atoms with E-state index in [9.17, 15) is 4.79 Å². The van der Waals surface area contributed by atoms with Crippen LogP contribution in [0.2, 0.25) is 0 Å². The third-order valence-electron chi connectivity index (χ3n) is 4.03. The summed E-state index contributed by atoms with van der Waals surface area (Å²) in [5.41, 5.74) is 10.7. The van der Waals surface area contributed by atoms with Gasteiger partial charge in [0.15, 0.2) is 5.69 Å². The molecule has 0 aliphatic carbocycles. The molecule has 3 N–H and O–H groups in total. The van der Waals surface area contributed by atoms with Gasteiger partial charge in [0.1, 0.15) is 5.69 Å². The van der Waals surface area contributed by atoms with Crippen molar-refractivity contribution in [1.29, 1.82) is 0 Å². The van der Waals surface area contributed by atoms with Crippen LogP contribution in [0.15, 0.2) is 64.6 Å². The van der Waals surface area contributed by atoms with Crippen molar-refractivity contribution in [2.45, 2.75) is 6.92 Å². The minimum Gasteiger partial charge on any atom is -0.378 e. The van der Waals surface area contributed by atoms with Crippen molar-refractivity contribution in [2.75, 3.05) is 5.73 Å². The maximum Gasteiger partial charge on any atom is 0.294 e. The molecule has 0 unspecified atom stereocenters. The number of hydrazone groups is 1. The standard InChI is InChI=1S/C18H15N9O2/c1-11(13-8-5-9-20-10-13)21-23-18(28)14-15(12-6-3-2-4-7-12)27(26-22-14)17-16(19)24-29-25-17/h2-10H,1H3,(H2,19,24)(H,23,28)/b21-11+. The van der Waals surface area contributed by atoms with Gasteiger partial charge in [0.05, 0.1) is 5.71 Å². The van der Waals surface area contributed by atoms with Crippen molar-refractivity contribution >= 4 is 17.4 Å². The number of anilines is 1. The van der Waals surface area contributed by atoms with Gasteiger partial charge in [-0.05, 0) is 23.3 Å². The zero-order valence-corrected chi connectivity index (χ0v) is 15.2. The van der Waals surface area contributed by atoms with Crippen LogP contribution < -0.4 is 11.2 Å². The van der Waals surface area contributed by atoms with E-state index in [1.165, 1.54) is 4.68 Å². The highest BCUT2D eigenvalue weighted by molar-refractivity contribution is 6.02. The number of rotatable bonds is 5. The Bertz CT molecular complexity index is 1170. The lowest BCUT2D eigenvalue weighted by molar-refractivity contribution is 0.0950. The second-order valence-corrected chi connectivity index (χ2v) is 5.92. The topological polar surface area (TPSA) is 150 Å². The maximum absolute atomic E-state index is 12.8. The van der Waals surface area contributed by atoms with Gasteiger partial charge in [-0.3, -0.25) is 9.78 Å². The van der Waals surface area contributed by atoms with Crippen molar-refractivity contribution in [3.8, 4) is 17.1 Å². The van der Waals surface area contributed by atoms with Crippen LogP contribution in [0, 0.1) is 0 Å². The van der Waals surface area contributed by atoms with Crippen LogP contribution in [-0.4, -0.2) is 41.9 Å². The second-order valence-electron chi connectivity index (χ2n) is 5.92. The van der Waals surface area contributed by atoms with Crippen molar-refractivity contribution in [3.05, 3.63) is 66.1 Å². The molecule has 29 heavy (non-hydrogen) atoms. The number of aromatic nitrogens is 6. The molecular formula is C18H15N9O2. The summed E-state index contributed by atoms with van der Waals surface area (Å²) in [6, 6.07) is 12.7. The lowest BCUT2D eigenvalue weighted by atomic mass is 10.1. The van der Waals surface area contributed by atoms with E-state index in [0.29, 0.717) is 17.0 Å². The number of nitrogen functional groups attached to an aromatic ring is 1. The summed E-state index contributed by atoms with van der Waals surface area (Å²) in [7, 11) is 0. The van der Waals surface area contributed by atoms with E-state index < -0.39 is 5.91 Å². The van der Waals surface area contributed by atoms with Gasteiger partial charge in [-0.1, -0.05) is 41.6 Å². The summed E-state index contributed by atoms with van der Waals surface area (Å²) < 4.78 is 5.95. The number of nitrogens with two attached hydrogens (primary N) is 1. The van der Waals surface area contributed by atoms with Crippen LogP contribution >= 0.6 is 0 Å². The Morgan fingerprint density at radius 3 is 2.69 bits per heavy atom. The molecule has 0 bridgehead atoms. The Hall–Kier alpha value is -4.41. The maximum atomic E-state index is 12.8. The molecule has 0 aliphatic rings. The average molecular weight is 389 g/mol. The number of benzene rings is 1. The number of carbonyl (C=O) groups excluding carboxylic acids is 1. The fraction of sp³-hybridized carbons (Fsp3) is 0.0556. The molecule has 3 heterocycles. The molecule has 144 valence electrons. The lowest BCUT2D eigenvalue weighted by Gasteiger charge is -2.06. The molecule has 11 nitrogen and oxygen atoms in total. The summed E-state index contributed by atoms with van der Waals surface area (Å²) in [6.07, 6.45) is 3.31. The summed E-state index contributed by atoms with van der Waals surface area (Å²) in [5.74, 6) is -0.400. The van der Waals surface area contributed by atoms with Gasteiger partial charge in [-0.25, -0.2) is 10.1 Å². The van der Waals surface area contributed by atoms with Gasteiger partial charge in [0.25, 0.3) is 5.91 Å². The molecule has 0 atom stereocenters. The first-order valence-corrected chi connectivity index (χ1v) is 8.49. The van der Waals surface area contributed by atoms with Gasteiger partial charge >= 0.3 is 0 Å².